The van der Waals surface area contributed by atoms with E-state index >= 15 is 0 Å². The van der Waals surface area contributed by atoms with E-state index in [-0.39, 0.29) is 29.2 Å². The van der Waals surface area contributed by atoms with Crippen LogP contribution in [0.25, 0.3) is 0 Å². The number of aryl methyl sites for hydroxylation is 1. The van der Waals surface area contributed by atoms with E-state index in [1.807, 2.05) is 0 Å². The Morgan fingerprint density at radius 1 is 1.07 bits per heavy atom. The number of rotatable bonds is 9. The molecule has 0 aliphatic heterocycles. The maximum atomic E-state index is 12.6. The van der Waals surface area contributed by atoms with Gasteiger partial charge in [-0.1, -0.05) is 41.9 Å². The van der Waals surface area contributed by atoms with Crippen molar-refractivity contribution in [3.63, 3.8) is 0 Å². The summed E-state index contributed by atoms with van der Waals surface area (Å²) in [6.45, 7) is 4.54. The number of carbonyl (C=O) groups excluding carboxylic acids is 1. The Morgan fingerprint density at radius 3 is 2.30 bits per heavy atom. The number of sulfonamides is 1. The van der Waals surface area contributed by atoms with Gasteiger partial charge in [-0.2, -0.15) is 4.31 Å². The fraction of sp³-hybridized carbons (Fsp3) is 0.368. The van der Waals surface area contributed by atoms with Crippen LogP contribution in [0.15, 0.2) is 56.8 Å². The van der Waals surface area contributed by atoms with Crippen molar-refractivity contribution in [1.82, 2.24) is 8.87 Å². The minimum absolute atomic E-state index is 0.0116. The highest BCUT2D eigenvalue weighted by Gasteiger charge is 2.22. The van der Waals surface area contributed by atoms with Gasteiger partial charge < -0.3 is 4.57 Å². The van der Waals surface area contributed by atoms with Crippen LogP contribution in [0.4, 0.5) is 0 Å². The molecule has 0 saturated carbocycles. The van der Waals surface area contributed by atoms with Gasteiger partial charge in [0.1, 0.15) is 0 Å². The third-order valence-corrected chi connectivity index (χ3v) is 6.83. The number of nitrogens with zero attached hydrogens (tertiary/aromatic N) is 2. The normalized spacial score (nSPS) is 11.7. The van der Waals surface area contributed by atoms with Crippen molar-refractivity contribution in [2.75, 3.05) is 13.1 Å². The Hall–Kier alpha value is -1.77. The Morgan fingerprint density at radius 2 is 1.70 bits per heavy atom. The summed E-state index contributed by atoms with van der Waals surface area (Å²) in [7, 11) is -3.63. The molecule has 0 amide bonds. The van der Waals surface area contributed by atoms with Gasteiger partial charge in [0, 0.05) is 48.4 Å². The smallest absolute Gasteiger partial charge is 0.250 e. The lowest BCUT2D eigenvalue weighted by atomic mass is 10.1. The molecule has 0 fully saturated rings. The van der Waals surface area contributed by atoms with Gasteiger partial charge >= 0.3 is 0 Å². The predicted octanol–water partition coefficient (Wildman–Crippen LogP) is 3.30. The number of carbonyl (C=O) groups is 1. The van der Waals surface area contributed by atoms with Gasteiger partial charge in [-0.05, 0) is 24.6 Å². The molecular weight excluding hydrogens is 432 g/mol. The molecule has 8 heteroatoms. The second-order valence-electron chi connectivity index (χ2n) is 6.02. The first-order chi connectivity index (χ1) is 12.8. The van der Waals surface area contributed by atoms with E-state index in [4.69, 9.17) is 0 Å². The van der Waals surface area contributed by atoms with Gasteiger partial charge in [0.05, 0.1) is 4.90 Å². The Labute approximate surface area is 168 Å². The monoisotopic (exact) mass is 454 g/mol. The average Bonchev–Trinajstić information content (AvgIpc) is 2.64. The molecule has 0 spiro atoms. The first-order valence-electron chi connectivity index (χ1n) is 8.79. The van der Waals surface area contributed by atoms with E-state index < -0.39 is 10.0 Å². The number of benzene rings is 1. The summed E-state index contributed by atoms with van der Waals surface area (Å²) in [5.41, 5.74) is 0.327. The van der Waals surface area contributed by atoms with E-state index in [0.29, 0.717) is 25.1 Å². The molecule has 1 aromatic heterocycles. The molecule has 0 bridgehead atoms. The van der Waals surface area contributed by atoms with Gasteiger partial charge in [0.25, 0.3) is 5.56 Å². The zero-order valence-corrected chi connectivity index (χ0v) is 17.8. The van der Waals surface area contributed by atoms with Crippen molar-refractivity contribution >= 4 is 31.7 Å². The molecule has 27 heavy (non-hydrogen) atoms. The number of ketones is 1. The van der Waals surface area contributed by atoms with Gasteiger partial charge in [-0.25, -0.2) is 8.42 Å². The second kappa shape index (κ2) is 9.43. The quantitative estimate of drug-likeness (QED) is 0.544. The standard InChI is InChI=1S/C19H23BrN2O4S/c1-3-22(4-2)27(25,26)17-11-12-19(24)21(14-17)13-5-6-18(23)15-7-9-16(20)10-8-15/h7-12,14H,3-6,13H2,1-2H3. The third kappa shape index (κ3) is 5.37. The largest absolute Gasteiger partial charge is 0.314 e. The van der Waals surface area contributed by atoms with E-state index in [0.717, 1.165) is 4.47 Å². The summed E-state index contributed by atoms with van der Waals surface area (Å²) in [5.74, 6) is -0.0116. The van der Waals surface area contributed by atoms with Gasteiger partial charge in [-0.3, -0.25) is 9.59 Å². The second-order valence-corrected chi connectivity index (χ2v) is 8.87. The van der Waals surface area contributed by atoms with Crippen LogP contribution < -0.4 is 5.56 Å². The molecule has 2 aromatic rings. The fourth-order valence-electron chi connectivity index (χ4n) is 2.74. The van der Waals surface area contributed by atoms with Crippen LogP contribution >= 0.6 is 15.9 Å². The summed E-state index contributed by atoms with van der Waals surface area (Å²) in [6, 6.07) is 9.69. The summed E-state index contributed by atoms with van der Waals surface area (Å²) in [4.78, 5) is 24.4. The zero-order chi connectivity index (χ0) is 20.0. The van der Waals surface area contributed by atoms with Crippen LogP contribution in [-0.4, -0.2) is 36.2 Å². The number of Topliss-reactive ketones (excluding diaryl/α,β-unsaturated/α-hetero) is 1. The number of pyridine rings is 1. The number of hydrogen-bond donors (Lipinski definition) is 0. The van der Waals surface area contributed by atoms with E-state index in [9.17, 15) is 18.0 Å². The van der Waals surface area contributed by atoms with Crippen LogP contribution in [-0.2, 0) is 16.6 Å². The number of halogens is 1. The Bertz CT molecular complexity index is 948. The van der Waals surface area contributed by atoms with Crippen LogP contribution in [0.1, 0.15) is 37.0 Å². The molecule has 1 aromatic carbocycles. The van der Waals surface area contributed by atoms with Crippen LogP contribution in [0.5, 0.6) is 0 Å². The first kappa shape index (κ1) is 21.5. The highest BCUT2D eigenvalue weighted by atomic mass is 79.9. The lowest BCUT2D eigenvalue weighted by molar-refractivity contribution is 0.0978. The molecular formula is C19H23BrN2O4S. The summed E-state index contributed by atoms with van der Waals surface area (Å²) >= 11 is 3.33. The number of aromatic nitrogens is 1. The topological polar surface area (TPSA) is 76.5 Å². The fourth-order valence-corrected chi connectivity index (χ4v) is 4.48. The first-order valence-corrected chi connectivity index (χ1v) is 11.0. The SMILES string of the molecule is CCN(CC)S(=O)(=O)c1ccc(=O)n(CCCC(=O)c2ccc(Br)cc2)c1. The van der Waals surface area contributed by atoms with Crippen molar-refractivity contribution in [1.29, 1.82) is 0 Å². The van der Waals surface area contributed by atoms with Gasteiger partial charge in [0.15, 0.2) is 5.78 Å². The zero-order valence-electron chi connectivity index (χ0n) is 15.4. The maximum absolute atomic E-state index is 12.6. The molecule has 0 aliphatic carbocycles. The molecule has 2 rings (SSSR count). The van der Waals surface area contributed by atoms with Crippen molar-refractivity contribution in [3.8, 4) is 0 Å². The maximum Gasteiger partial charge on any atom is 0.250 e. The highest BCUT2D eigenvalue weighted by molar-refractivity contribution is 9.10. The summed E-state index contributed by atoms with van der Waals surface area (Å²) in [5, 5.41) is 0. The van der Waals surface area contributed by atoms with Crippen molar-refractivity contribution in [3.05, 3.63) is 63.0 Å². The van der Waals surface area contributed by atoms with E-state index in [1.165, 1.54) is 27.2 Å². The third-order valence-electron chi connectivity index (χ3n) is 4.27. The molecule has 146 valence electrons. The highest BCUT2D eigenvalue weighted by Crippen LogP contribution is 2.15. The minimum Gasteiger partial charge on any atom is -0.314 e. The lowest BCUT2D eigenvalue weighted by Gasteiger charge is -2.19. The molecule has 0 saturated heterocycles. The molecule has 0 atom stereocenters. The molecule has 0 radical (unpaired) electrons. The molecule has 0 unspecified atom stereocenters. The van der Waals surface area contributed by atoms with Crippen LogP contribution in [0.2, 0.25) is 0 Å². The average molecular weight is 455 g/mol. The summed E-state index contributed by atoms with van der Waals surface area (Å²) < 4.78 is 28.8. The van der Waals surface area contributed by atoms with Crippen molar-refractivity contribution in [2.45, 2.75) is 38.1 Å². The van der Waals surface area contributed by atoms with Crippen molar-refractivity contribution < 1.29 is 13.2 Å². The van der Waals surface area contributed by atoms with Gasteiger partial charge in [0.2, 0.25) is 10.0 Å². The minimum atomic E-state index is -3.63. The van der Waals surface area contributed by atoms with E-state index in [2.05, 4.69) is 15.9 Å². The van der Waals surface area contributed by atoms with Crippen LogP contribution in [0.3, 0.4) is 0 Å². The molecule has 1 heterocycles. The molecule has 0 aliphatic rings. The Balaban J connectivity index is 2.10. The van der Waals surface area contributed by atoms with Crippen molar-refractivity contribution in [2.24, 2.45) is 0 Å². The van der Waals surface area contributed by atoms with E-state index in [1.54, 1.807) is 38.1 Å². The predicted molar refractivity (Wildman–Crippen MR) is 109 cm³/mol. The summed E-state index contributed by atoms with van der Waals surface area (Å²) in [6.07, 6.45) is 2.09. The Kier molecular flexibility index (Phi) is 7.52. The van der Waals surface area contributed by atoms with Gasteiger partial charge in [-0.15, -0.1) is 0 Å². The number of hydrogen-bond acceptors (Lipinski definition) is 4. The molecule has 0 N–H and O–H groups in total. The molecule has 6 nitrogen and oxygen atoms in total. The lowest BCUT2D eigenvalue weighted by Crippen LogP contribution is -2.32. The van der Waals surface area contributed by atoms with Crippen LogP contribution in [0, 0.1) is 0 Å².